The zero-order valence-corrected chi connectivity index (χ0v) is 15.1. The van der Waals surface area contributed by atoms with Crippen LogP contribution >= 0.6 is 0 Å². The number of carbonyl (C=O) groups excluding carboxylic acids is 1. The number of halogens is 4. The van der Waals surface area contributed by atoms with E-state index >= 15 is 0 Å². The molecule has 0 aliphatic carbocycles. The van der Waals surface area contributed by atoms with Crippen LogP contribution in [0.4, 0.5) is 17.6 Å². The maximum absolute atomic E-state index is 13.5. The number of nitrogens with one attached hydrogen (secondary N) is 1. The number of rotatable bonds is 5. The van der Waals surface area contributed by atoms with Gasteiger partial charge in [0.15, 0.2) is 0 Å². The smallest absolute Gasteiger partial charge is 0.418 e. The Morgan fingerprint density at radius 2 is 1.79 bits per heavy atom. The van der Waals surface area contributed by atoms with Crippen LogP contribution in [0.25, 0.3) is 0 Å². The number of carbonyl (C=O) groups is 1. The lowest BCUT2D eigenvalue weighted by Crippen LogP contribution is -2.31. The van der Waals surface area contributed by atoms with Gasteiger partial charge in [-0.15, -0.1) is 0 Å². The van der Waals surface area contributed by atoms with Gasteiger partial charge in [0.1, 0.15) is 5.82 Å². The van der Waals surface area contributed by atoms with E-state index in [1.807, 2.05) is 0 Å². The van der Waals surface area contributed by atoms with Crippen molar-refractivity contribution in [2.45, 2.75) is 12.2 Å². The van der Waals surface area contributed by atoms with Gasteiger partial charge in [0, 0.05) is 18.5 Å². The summed E-state index contributed by atoms with van der Waals surface area (Å²) < 4.78 is 58.7. The fraction of sp³-hybridized carbons (Fsp3) is 0.150. The molecule has 1 N–H and O–H groups in total. The third kappa shape index (κ3) is 4.68. The van der Waals surface area contributed by atoms with Gasteiger partial charge in [0.05, 0.1) is 30.0 Å². The molecule has 9 heteroatoms. The quantitative estimate of drug-likeness (QED) is 0.648. The third-order valence-electron chi connectivity index (χ3n) is 4.10. The molecule has 3 aromatic rings. The Labute approximate surface area is 163 Å². The van der Waals surface area contributed by atoms with Gasteiger partial charge in [0.2, 0.25) is 5.88 Å². The molecule has 2 aromatic heterocycles. The summed E-state index contributed by atoms with van der Waals surface area (Å²) in [7, 11) is 1.41. The highest BCUT2D eigenvalue weighted by Crippen LogP contribution is 2.35. The van der Waals surface area contributed by atoms with Crippen molar-refractivity contribution in [3.8, 4) is 5.88 Å². The standard InChI is InChI=1S/C20H15F4N3O2/c1-29-16-9-6-13(11-26-16)19(28)27-17(12-4-7-14(21)8-5-12)18-15(20(22,23)24)3-2-10-25-18/h2-11,17H,1H3,(H,27,28)/t17-/m0/s1. The Morgan fingerprint density at radius 1 is 1.07 bits per heavy atom. The van der Waals surface area contributed by atoms with Gasteiger partial charge in [0.25, 0.3) is 5.91 Å². The first kappa shape index (κ1) is 20.2. The summed E-state index contributed by atoms with van der Waals surface area (Å²) in [5.41, 5.74) is -1.04. The van der Waals surface area contributed by atoms with Crippen LogP contribution < -0.4 is 10.1 Å². The fourth-order valence-corrected chi connectivity index (χ4v) is 2.70. The number of amides is 1. The van der Waals surface area contributed by atoms with E-state index in [0.717, 1.165) is 24.3 Å². The predicted molar refractivity (Wildman–Crippen MR) is 95.7 cm³/mol. The highest BCUT2D eigenvalue weighted by molar-refractivity contribution is 5.94. The van der Waals surface area contributed by atoms with Crippen molar-refractivity contribution in [3.63, 3.8) is 0 Å². The molecule has 0 aliphatic rings. The molecule has 0 aliphatic heterocycles. The zero-order valence-electron chi connectivity index (χ0n) is 15.1. The summed E-state index contributed by atoms with van der Waals surface area (Å²) in [5, 5.41) is 2.53. The predicted octanol–water partition coefficient (Wildman–Crippen LogP) is 4.16. The third-order valence-corrected chi connectivity index (χ3v) is 4.10. The van der Waals surface area contributed by atoms with Crippen molar-refractivity contribution >= 4 is 5.91 Å². The normalized spacial score (nSPS) is 12.3. The second-order valence-corrected chi connectivity index (χ2v) is 5.98. The second kappa shape index (κ2) is 8.26. The SMILES string of the molecule is COc1ccc(C(=O)N[C@@H](c2ccc(F)cc2)c2ncccc2C(F)(F)F)cn1. The summed E-state index contributed by atoms with van der Waals surface area (Å²) in [6.07, 6.45) is -2.25. The van der Waals surface area contributed by atoms with E-state index in [1.165, 1.54) is 43.8 Å². The Balaban J connectivity index is 2.02. The van der Waals surface area contributed by atoms with Gasteiger partial charge in [-0.05, 0) is 35.9 Å². The number of benzene rings is 1. The van der Waals surface area contributed by atoms with E-state index in [9.17, 15) is 22.4 Å². The van der Waals surface area contributed by atoms with Crippen LogP contribution in [0.2, 0.25) is 0 Å². The summed E-state index contributed by atoms with van der Waals surface area (Å²) >= 11 is 0. The van der Waals surface area contributed by atoms with E-state index in [4.69, 9.17) is 4.74 Å². The molecule has 1 atom stereocenters. The van der Waals surface area contributed by atoms with Crippen molar-refractivity contribution < 1.29 is 27.1 Å². The lowest BCUT2D eigenvalue weighted by atomic mass is 9.98. The molecule has 150 valence electrons. The van der Waals surface area contributed by atoms with E-state index in [1.54, 1.807) is 0 Å². The Kier molecular flexibility index (Phi) is 5.76. The monoisotopic (exact) mass is 405 g/mol. The number of ether oxygens (including phenoxy) is 1. The molecule has 2 heterocycles. The van der Waals surface area contributed by atoms with Crippen molar-refractivity contribution in [1.29, 1.82) is 0 Å². The first-order valence-electron chi connectivity index (χ1n) is 8.38. The minimum absolute atomic E-state index is 0.113. The molecule has 0 fully saturated rings. The topological polar surface area (TPSA) is 64.1 Å². The van der Waals surface area contributed by atoms with Gasteiger partial charge in [-0.3, -0.25) is 9.78 Å². The van der Waals surface area contributed by atoms with Crippen molar-refractivity contribution in [1.82, 2.24) is 15.3 Å². The maximum Gasteiger partial charge on any atom is 0.418 e. The van der Waals surface area contributed by atoms with E-state index < -0.39 is 35.2 Å². The van der Waals surface area contributed by atoms with Crippen LogP contribution in [0.5, 0.6) is 5.88 Å². The van der Waals surface area contributed by atoms with Crippen LogP contribution in [0, 0.1) is 5.82 Å². The van der Waals surface area contributed by atoms with Crippen LogP contribution in [0.1, 0.15) is 33.2 Å². The summed E-state index contributed by atoms with van der Waals surface area (Å²) in [4.78, 5) is 20.4. The molecule has 0 bridgehead atoms. The molecule has 1 aromatic carbocycles. The number of aromatic nitrogens is 2. The molecule has 5 nitrogen and oxygen atoms in total. The summed E-state index contributed by atoms with van der Waals surface area (Å²) in [6, 6.07) is 8.42. The largest absolute Gasteiger partial charge is 0.481 e. The van der Waals surface area contributed by atoms with Gasteiger partial charge < -0.3 is 10.1 Å². The van der Waals surface area contributed by atoms with Crippen molar-refractivity contribution in [2.75, 3.05) is 7.11 Å². The first-order chi connectivity index (χ1) is 13.8. The number of alkyl halides is 3. The van der Waals surface area contributed by atoms with Gasteiger partial charge in [-0.2, -0.15) is 13.2 Å². The maximum atomic E-state index is 13.5. The van der Waals surface area contributed by atoms with Gasteiger partial charge in [-0.1, -0.05) is 12.1 Å². The summed E-state index contributed by atoms with van der Waals surface area (Å²) in [5.74, 6) is -0.954. The minimum Gasteiger partial charge on any atom is -0.481 e. The van der Waals surface area contributed by atoms with E-state index in [0.29, 0.717) is 0 Å². The van der Waals surface area contributed by atoms with Gasteiger partial charge >= 0.3 is 6.18 Å². The van der Waals surface area contributed by atoms with Crippen molar-refractivity contribution in [3.05, 3.63) is 89.1 Å². The van der Waals surface area contributed by atoms with Crippen LogP contribution in [-0.2, 0) is 6.18 Å². The van der Waals surface area contributed by atoms with Gasteiger partial charge in [-0.25, -0.2) is 9.37 Å². The molecule has 0 saturated heterocycles. The van der Waals surface area contributed by atoms with E-state index in [-0.39, 0.29) is 17.0 Å². The Hall–Kier alpha value is -3.49. The number of nitrogens with zero attached hydrogens (tertiary/aromatic N) is 2. The molecule has 29 heavy (non-hydrogen) atoms. The summed E-state index contributed by atoms with van der Waals surface area (Å²) in [6.45, 7) is 0. The highest BCUT2D eigenvalue weighted by atomic mass is 19.4. The number of methoxy groups -OCH3 is 1. The number of pyridine rings is 2. The Bertz CT molecular complexity index is 990. The lowest BCUT2D eigenvalue weighted by molar-refractivity contribution is -0.138. The molecule has 3 rings (SSSR count). The number of hydrogen-bond donors (Lipinski definition) is 1. The molecular weight excluding hydrogens is 390 g/mol. The zero-order chi connectivity index (χ0) is 21.0. The molecule has 0 saturated carbocycles. The molecule has 0 radical (unpaired) electrons. The van der Waals surface area contributed by atoms with Crippen LogP contribution in [0.15, 0.2) is 60.9 Å². The number of hydrogen-bond acceptors (Lipinski definition) is 4. The Morgan fingerprint density at radius 3 is 2.38 bits per heavy atom. The molecule has 1 amide bonds. The molecule has 0 unspecified atom stereocenters. The highest BCUT2D eigenvalue weighted by Gasteiger charge is 2.37. The minimum atomic E-state index is -4.69. The van der Waals surface area contributed by atoms with Crippen LogP contribution in [-0.4, -0.2) is 23.0 Å². The van der Waals surface area contributed by atoms with E-state index in [2.05, 4.69) is 15.3 Å². The average Bonchev–Trinajstić information content (AvgIpc) is 2.72. The lowest BCUT2D eigenvalue weighted by Gasteiger charge is -2.22. The molecule has 0 spiro atoms. The first-order valence-corrected chi connectivity index (χ1v) is 8.38. The van der Waals surface area contributed by atoms with Crippen molar-refractivity contribution in [2.24, 2.45) is 0 Å². The van der Waals surface area contributed by atoms with Crippen LogP contribution in [0.3, 0.4) is 0 Å². The second-order valence-electron chi connectivity index (χ2n) is 5.98. The average molecular weight is 405 g/mol. The fourth-order valence-electron chi connectivity index (χ4n) is 2.70. The molecular formula is C20H15F4N3O2.